The SMILES string of the molecule is CC=C1C(=O)NC(=O)N1c1ccc(Cl)c(Cl)c1. The number of nitrogens with zero attached hydrogens (tertiary/aromatic N) is 1. The third kappa shape index (κ3) is 2.01. The Kier molecular flexibility index (Phi) is 3.09. The predicted octanol–water partition coefficient (Wildman–Crippen LogP) is 2.95. The number of imide groups is 1. The molecule has 1 N–H and O–H groups in total. The molecule has 6 heteroatoms. The van der Waals surface area contributed by atoms with Crippen LogP contribution in [0.2, 0.25) is 10.0 Å². The highest BCUT2D eigenvalue weighted by molar-refractivity contribution is 6.42. The van der Waals surface area contributed by atoms with E-state index in [1.165, 1.54) is 11.0 Å². The van der Waals surface area contributed by atoms with E-state index in [1.54, 1.807) is 25.1 Å². The molecule has 0 bridgehead atoms. The second-order valence-electron chi connectivity index (χ2n) is 3.37. The van der Waals surface area contributed by atoms with E-state index in [1.807, 2.05) is 0 Å². The number of carbonyl (C=O) groups excluding carboxylic acids is 2. The van der Waals surface area contributed by atoms with Crippen LogP contribution in [0.15, 0.2) is 30.0 Å². The third-order valence-electron chi connectivity index (χ3n) is 2.33. The number of rotatable bonds is 1. The highest BCUT2D eigenvalue weighted by atomic mass is 35.5. The number of hydrogen-bond acceptors (Lipinski definition) is 2. The van der Waals surface area contributed by atoms with E-state index >= 15 is 0 Å². The van der Waals surface area contributed by atoms with Gasteiger partial charge in [0.25, 0.3) is 5.91 Å². The Morgan fingerprint density at radius 3 is 2.53 bits per heavy atom. The van der Waals surface area contributed by atoms with Crippen molar-refractivity contribution in [3.63, 3.8) is 0 Å². The Morgan fingerprint density at radius 1 is 1.24 bits per heavy atom. The molecule has 1 aliphatic heterocycles. The number of nitrogens with one attached hydrogen (secondary N) is 1. The Bertz CT molecular complexity index is 540. The smallest absolute Gasteiger partial charge is 0.272 e. The molecule has 0 aromatic heterocycles. The number of benzene rings is 1. The highest BCUT2D eigenvalue weighted by Gasteiger charge is 2.33. The van der Waals surface area contributed by atoms with Gasteiger partial charge >= 0.3 is 6.03 Å². The molecule has 1 aromatic carbocycles. The maximum atomic E-state index is 11.6. The number of urea groups is 1. The molecule has 1 saturated heterocycles. The Balaban J connectivity index is 2.48. The van der Waals surface area contributed by atoms with Gasteiger partial charge in [-0.1, -0.05) is 29.3 Å². The Labute approximate surface area is 108 Å². The van der Waals surface area contributed by atoms with Crippen molar-refractivity contribution in [3.05, 3.63) is 40.0 Å². The van der Waals surface area contributed by atoms with Crippen molar-refractivity contribution in [2.75, 3.05) is 4.90 Å². The summed E-state index contributed by atoms with van der Waals surface area (Å²) in [4.78, 5) is 24.3. The van der Waals surface area contributed by atoms with Gasteiger partial charge in [0, 0.05) is 0 Å². The van der Waals surface area contributed by atoms with E-state index in [-0.39, 0.29) is 5.70 Å². The van der Waals surface area contributed by atoms with Crippen LogP contribution in [0.1, 0.15) is 6.92 Å². The first-order valence-corrected chi connectivity index (χ1v) is 5.57. The molecular formula is C11H8Cl2N2O2. The first-order chi connectivity index (χ1) is 8.04. The molecule has 88 valence electrons. The van der Waals surface area contributed by atoms with E-state index in [0.29, 0.717) is 15.7 Å². The fourth-order valence-electron chi connectivity index (χ4n) is 1.57. The number of amides is 3. The van der Waals surface area contributed by atoms with Crippen molar-refractivity contribution in [2.24, 2.45) is 0 Å². The van der Waals surface area contributed by atoms with Crippen molar-refractivity contribution >= 4 is 40.8 Å². The molecule has 1 heterocycles. The van der Waals surface area contributed by atoms with Crippen molar-refractivity contribution in [3.8, 4) is 0 Å². The molecule has 0 atom stereocenters. The van der Waals surface area contributed by atoms with E-state index in [4.69, 9.17) is 23.2 Å². The fraction of sp³-hybridized carbons (Fsp3) is 0.0909. The number of halogens is 2. The van der Waals surface area contributed by atoms with Crippen LogP contribution < -0.4 is 10.2 Å². The zero-order chi connectivity index (χ0) is 12.6. The Hall–Kier alpha value is -1.52. The minimum absolute atomic E-state index is 0.272. The van der Waals surface area contributed by atoms with Crippen LogP contribution >= 0.6 is 23.2 Å². The second kappa shape index (κ2) is 4.39. The molecule has 1 aliphatic rings. The predicted molar refractivity (Wildman–Crippen MR) is 66.2 cm³/mol. The minimum atomic E-state index is -0.499. The summed E-state index contributed by atoms with van der Waals surface area (Å²) in [6, 6.07) is 4.23. The summed E-state index contributed by atoms with van der Waals surface area (Å²) in [6.45, 7) is 1.68. The first kappa shape index (κ1) is 12.0. The lowest BCUT2D eigenvalue weighted by molar-refractivity contribution is -0.115. The van der Waals surface area contributed by atoms with Gasteiger partial charge in [-0.2, -0.15) is 0 Å². The van der Waals surface area contributed by atoms with Crippen LogP contribution in [0.5, 0.6) is 0 Å². The quantitative estimate of drug-likeness (QED) is 0.630. The van der Waals surface area contributed by atoms with Crippen LogP contribution in [0, 0.1) is 0 Å². The van der Waals surface area contributed by atoms with Crippen LogP contribution in [0.25, 0.3) is 0 Å². The van der Waals surface area contributed by atoms with Gasteiger partial charge in [-0.05, 0) is 25.1 Å². The zero-order valence-corrected chi connectivity index (χ0v) is 10.3. The average molecular weight is 271 g/mol. The lowest BCUT2D eigenvalue weighted by Crippen LogP contribution is -2.27. The van der Waals surface area contributed by atoms with Crippen LogP contribution in [0.4, 0.5) is 10.5 Å². The maximum absolute atomic E-state index is 11.6. The molecule has 0 aliphatic carbocycles. The molecule has 0 radical (unpaired) electrons. The highest BCUT2D eigenvalue weighted by Crippen LogP contribution is 2.30. The van der Waals surface area contributed by atoms with E-state index in [0.717, 1.165) is 0 Å². The van der Waals surface area contributed by atoms with Gasteiger partial charge < -0.3 is 0 Å². The van der Waals surface area contributed by atoms with Gasteiger partial charge in [-0.3, -0.25) is 15.0 Å². The summed E-state index contributed by atoms with van der Waals surface area (Å²) >= 11 is 11.7. The van der Waals surface area contributed by atoms with Crippen molar-refractivity contribution < 1.29 is 9.59 Å². The lowest BCUT2D eigenvalue weighted by Gasteiger charge is -2.15. The molecular weight excluding hydrogens is 263 g/mol. The summed E-state index contributed by atoms with van der Waals surface area (Å²) in [6.07, 6.45) is 1.56. The topological polar surface area (TPSA) is 49.4 Å². The number of anilines is 1. The van der Waals surface area contributed by atoms with Crippen LogP contribution in [0.3, 0.4) is 0 Å². The molecule has 0 spiro atoms. The van der Waals surface area contributed by atoms with Gasteiger partial charge in [-0.15, -0.1) is 0 Å². The van der Waals surface area contributed by atoms with Gasteiger partial charge in [0.2, 0.25) is 0 Å². The lowest BCUT2D eigenvalue weighted by atomic mass is 10.2. The minimum Gasteiger partial charge on any atom is -0.272 e. The van der Waals surface area contributed by atoms with Gasteiger partial charge in [0.15, 0.2) is 0 Å². The molecule has 17 heavy (non-hydrogen) atoms. The summed E-state index contributed by atoms with van der Waals surface area (Å²) < 4.78 is 0. The van der Waals surface area contributed by atoms with Gasteiger partial charge in [0.1, 0.15) is 5.70 Å². The molecule has 1 fully saturated rings. The van der Waals surface area contributed by atoms with Gasteiger partial charge in [-0.25, -0.2) is 4.79 Å². The molecule has 0 saturated carbocycles. The summed E-state index contributed by atoms with van der Waals surface area (Å²) in [5, 5.41) is 2.92. The van der Waals surface area contributed by atoms with Crippen molar-refractivity contribution in [1.82, 2.24) is 5.32 Å². The van der Waals surface area contributed by atoms with Crippen LogP contribution in [-0.2, 0) is 4.79 Å². The van der Waals surface area contributed by atoms with Crippen molar-refractivity contribution in [1.29, 1.82) is 0 Å². The number of hydrogen-bond donors (Lipinski definition) is 1. The summed E-state index contributed by atoms with van der Waals surface area (Å²) in [7, 11) is 0. The molecule has 2 rings (SSSR count). The molecule has 1 aromatic rings. The van der Waals surface area contributed by atoms with Gasteiger partial charge in [0.05, 0.1) is 15.7 Å². The number of allylic oxidation sites excluding steroid dienone is 1. The van der Waals surface area contributed by atoms with E-state index < -0.39 is 11.9 Å². The maximum Gasteiger partial charge on any atom is 0.333 e. The summed E-state index contributed by atoms with van der Waals surface area (Å²) in [5.74, 6) is -0.427. The first-order valence-electron chi connectivity index (χ1n) is 4.81. The number of carbonyl (C=O) groups is 2. The van der Waals surface area contributed by atoms with Crippen molar-refractivity contribution in [2.45, 2.75) is 6.92 Å². The zero-order valence-electron chi connectivity index (χ0n) is 8.83. The van der Waals surface area contributed by atoms with Crippen LogP contribution in [-0.4, -0.2) is 11.9 Å². The normalized spacial score (nSPS) is 17.8. The Morgan fingerprint density at radius 2 is 1.94 bits per heavy atom. The standard InChI is InChI=1S/C11H8Cl2N2O2/c1-2-9-10(16)14-11(17)15(9)6-3-4-7(12)8(13)5-6/h2-5H,1H3,(H,14,16,17). The molecule has 4 nitrogen and oxygen atoms in total. The third-order valence-corrected chi connectivity index (χ3v) is 3.07. The molecule has 0 unspecified atom stereocenters. The van der Waals surface area contributed by atoms with E-state index in [9.17, 15) is 9.59 Å². The fourth-order valence-corrected chi connectivity index (χ4v) is 1.86. The summed E-state index contributed by atoms with van der Waals surface area (Å²) in [5.41, 5.74) is 0.768. The second-order valence-corrected chi connectivity index (χ2v) is 4.18. The largest absolute Gasteiger partial charge is 0.333 e. The monoisotopic (exact) mass is 270 g/mol. The van der Waals surface area contributed by atoms with E-state index in [2.05, 4.69) is 5.32 Å². The molecule has 3 amide bonds. The average Bonchev–Trinajstić information content (AvgIpc) is 2.57.